The smallest absolute Gasteiger partial charge is 0.240 e. The summed E-state index contributed by atoms with van der Waals surface area (Å²) in [6.45, 7) is 0. The third kappa shape index (κ3) is 3.22. The predicted octanol–water partition coefficient (Wildman–Crippen LogP) is 6.52. The molecular formula is C36H23Cl2N3O4. The van der Waals surface area contributed by atoms with Gasteiger partial charge in [-0.2, -0.15) is 0 Å². The minimum absolute atomic E-state index is 0.375. The van der Waals surface area contributed by atoms with Gasteiger partial charge in [0.05, 0.1) is 40.6 Å². The van der Waals surface area contributed by atoms with Crippen molar-refractivity contribution in [3.8, 4) is 0 Å². The Labute approximate surface area is 268 Å². The Morgan fingerprint density at radius 2 is 1.02 bits per heavy atom. The molecule has 4 amide bonds. The van der Waals surface area contributed by atoms with Gasteiger partial charge >= 0.3 is 0 Å². The molecule has 3 aliphatic carbocycles. The van der Waals surface area contributed by atoms with Crippen LogP contribution in [0.5, 0.6) is 0 Å². The van der Waals surface area contributed by atoms with Gasteiger partial charge in [0.25, 0.3) is 0 Å². The van der Waals surface area contributed by atoms with Gasteiger partial charge < -0.3 is 4.90 Å². The minimum Gasteiger partial charge on any atom is -0.329 e. The molecule has 4 aromatic carbocycles. The van der Waals surface area contributed by atoms with Crippen molar-refractivity contribution in [2.24, 2.45) is 29.6 Å². The second kappa shape index (κ2) is 9.16. The summed E-state index contributed by atoms with van der Waals surface area (Å²) >= 11 is 12.3. The van der Waals surface area contributed by atoms with Gasteiger partial charge in [-0.05, 0) is 72.3 Å². The molecule has 2 saturated heterocycles. The second-order valence-corrected chi connectivity index (χ2v) is 13.0. The molecule has 6 aliphatic rings. The largest absolute Gasteiger partial charge is 0.329 e. The molecule has 0 N–H and O–H groups in total. The lowest BCUT2D eigenvalue weighted by molar-refractivity contribution is -0.138. The maximum absolute atomic E-state index is 14.9. The fraction of sp³-hybridized carbons (Fsp3) is 0.167. The predicted molar refractivity (Wildman–Crippen MR) is 171 cm³/mol. The summed E-state index contributed by atoms with van der Waals surface area (Å²) in [5.41, 5.74) is 2.78. The molecule has 45 heavy (non-hydrogen) atoms. The summed E-state index contributed by atoms with van der Waals surface area (Å²) in [7, 11) is 0. The number of halogens is 2. The number of amides is 4. The molecule has 3 aliphatic heterocycles. The van der Waals surface area contributed by atoms with Crippen LogP contribution in [-0.4, -0.2) is 29.2 Å². The maximum Gasteiger partial charge on any atom is 0.240 e. The van der Waals surface area contributed by atoms with E-state index in [0.717, 1.165) is 22.5 Å². The van der Waals surface area contributed by atoms with Crippen molar-refractivity contribution in [1.82, 2.24) is 0 Å². The van der Waals surface area contributed by atoms with Crippen LogP contribution in [0.1, 0.15) is 5.56 Å². The molecule has 6 atom stereocenters. The lowest BCUT2D eigenvalue weighted by Crippen LogP contribution is -2.68. The van der Waals surface area contributed by atoms with E-state index >= 15 is 0 Å². The van der Waals surface area contributed by atoms with Gasteiger partial charge in [0.15, 0.2) is 0 Å². The summed E-state index contributed by atoms with van der Waals surface area (Å²) in [4.78, 5) is 63.2. The van der Waals surface area contributed by atoms with Crippen molar-refractivity contribution in [2.45, 2.75) is 5.54 Å². The van der Waals surface area contributed by atoms with Gasteiger partial charge in [0, 0.05) is 32.9 Å². The van der Waals surface area contributed by atoms with E-state index < -0.39 is 35.1 Å². The number of fused-ring (bicyclic) bond motifs is 1. The van der Waals surface area contributed by atoms with Gasteiger partial charge in [0.2, 0.25) is 23.6 Å². The van der Waals surface area contributed by atoms with E-state index in [1.165, 1.54) is 9.80 Å². The van der Waals surface area contributed by atoms with E-state index in [2.05, 4.69) is 4.90 Å². The average molecular weight is 633 g/mol. The SMILES string of the molecule is O=C1C2C3C=C4c5ccccc5N(c5ccccc5)C4(C2C(=O)N1c1ccc(Cl)cc1)[C@H]1C(=O)N(c2ccc(Cl)cc2)C(=O)[C@@H]31. The monoisotopic (exact) mass is 631 g/mol. The first-order chi connectivity index (χ1) is 21.8. The van der Waals surface area contributed by atoms with Crippen LogP contribution in [0.3, 0.4) is 0 Å². The number of carbonyl (C=O) groups excluding carboxylic acids is 4. The molecule has 9 heteroatoms. The van der Waals surface area contributed by atoms with Crippen LogP contribution in [0.2, 0.25) is 10.0 Å². The highest BCUT2D eigenvalue weighted by atomic mass is 35.5. The van der Waals surface area contributed by atoms with Crippen LogP contribution in [0, 0.1) is 29.6 Å². The number of para-hydroxylation sites is 2. The van der Waals surface area contributed by atoms with Crippen molar-refractivity contribution < 1.29 is 19.2 Å². The molecule has 3 heterocycles. The molecule has 3 fully saturated rings. The van der Waals surface area contributed by atoms with Gasteiger partial charge in [-0.3, -0.25) is 19.2 Å². The van der Waals surface area contributed by atoms with E-state index in [1.807, 2.05) is 60.7 Å². The minimum atomic E-state index is -1.34. The Balaban J connectivity index is 1.32. The summed E-state index contributed by atoms with van der Waals surface area (Å²) in [6.07, 6.45) is 2.01. The fourth-order valence-electron chi connectivity index (χ4n) is 8.79. The van der Waals surface area contributed by atoms with Crippen LogP contribution in [0.15, 0.2) is 109 Å². The topological polar surface area (TPSA) is 78.0 Å². The Hall–Kier alpha value is -4.72. The maximum atomic E-state index is 14.9. The van der Waals surface area contributed by atoms with Crippen LogP contribution in [0.4, 0.5) is 22.7 Å². The molecule has 4 aromatic rings. The van der Waals surface area contributed by atoms with Crippen LogP contribution < -0.4 is 14.7 Å². The number of carbonyl (C=O) groups is 4. The summed E-state index contributed by atoms with van der Waals surface area (Å²) in [5.74, 6) is -5.74. The molecule has 0 radical (unpaired) electrons. The van der Waals surface area contributed by atoms with Crippen molar-refractivity contribution in [3.63, 3.8) is 0 Å². The van der Waals surface area contributed by atoms with Crippen molar-refractivity contribution in [3.05, 3.63) is 125 Å². The molecule has 4 unspecified atom stereocenters. The first-order valence-electron chi connectivity index (χ1n) is 14.8. The van der Waals surface area contributed by atoms with Crippen LogP contribution >= 0.6 is 23.2 Å². The number of nitrogens with zero attached hydrogens (tertiary/aromatic N) is 3. The normalized spacial score (nSPS) is 29.2. The summed E-state index contributed by atoms with van der Waals surface area (Å²) in [6, 6.07) is 30.6. The lowest BCUT2D eigenvalue weighted by Gasteiger charge is -2.57. The standard InChI is InChI=1S/C36H23Cl2N3O4/c37-19-10-14-21(15-11-19)39-32(42)28-25-18-26-24-8-4-5-9-27(24)41(23-6-2-1-3-7-23)36(26,30(28)34(39)44)31-29(25)33(43)40(35(31)45)22-16-12-20(38)13-17-22/h1-18,25,28-31H/t25?,28-,29?,30+,31?,36?/m0/s1. The Morgan fingerprint density at radius 1 is 0.533 bits per heavy atom. The number of rotatable bonds is 3. The molecule has 1 saturated carbocycles. The number of hydrogen-bond donors (Lipinski definition) is 0. The molecular weight excluding hydrogens is 609 g/mol. The number of benzene rings is 4. The quantitative estimate of drug-likeness (QED) is 0.241. The zero-order valence-electron chi connectivity index (χ0n) is 23.5. The number of imide groups is 2. The Morgan fingerprint density at radius 3 is 1.56 bits per heavy atom. The highest BCUT2D eigenvalue weighted by Crippen LogP contribution is 2.71. The molecule has 0 aromatic heterocycles. The molecule has 220 valence electrons. The molecule has 1 spiro atoms. The highest BCUT2D eigenvalue weighted by molar-refractivity contribution is 6.32. The first kappa shape index (κ1) is 26.7. The Kier molecular flexibility index (Phi) is 5.43. The molecule has 7 nitrogen and oxygen atoms in total. The van der Waals surface area contributed by atoms with Gasteiger partial charge in [-0.1, -0.05) is 65.7 Å². The van der Waals surface area contributed by atoms with Crippen molar-refractivity contribution >= 4 is 75.2 Å². The van der Waals surface area contributed by atoms with E-state index in [-0.39, 0.29) is 23.6 Å². The average Bonchev–Trinajstić information content (AvgIpc) is 3.62. The number of hydrogen-bond acceptors (Lipinski definition) is 5. The summed E-state index contributed by atoms with van der Waals surface area (Å²) in [5, 5.41) is 0.958. The number of anilines is 4. The first-order valence-corrected chi connectivity index (χ1v) is 15.5. The van der Waals surface area contributed by atoms with Crippen LogP contribution in [-0.2, 0) is 19.2 Å². The third-order valence-corrected chi connectivity index (χ3v) is 10.8. The molecule has 2 bridgehead atoms. The van der Waals surface area contributed by atoms with Crippen LogP contribution in [0.25, 0.3) is 5.57 Å². The lowest BCUT2D eigenvalue weighted by atomic mass is 9.47. The van der Waals surface area contributed by atoms with Crippen molar-refractivity contribution in [2.75, 3.05) is 14.7 Å². The number of allylic oxidation sites excluding steroid dienone is 1. The van der Waals surface area contributed by atoms with E-state index in [9.17, 15) is 19.2 Å². The van der Waals surface area contributed by atoms with E-state index in [4.69, 9.17) is 23.2 Å². The van der Waals surface area contributed by atoms with Gasteiger partial charge in [0.1, 0.15) is 0 Å². The van der Waals surface area contributed by atoms with Gasteiger partial charge in [-0.25, -0.2) is 9.80 Å². The van der Waals surface area contributed by atoms with E-state index in [0.29, 0.717) is 21.4 Å². The Bertz CT molecular complexity index is 1920. The third-order valence-electron chi connectivity index (χ3n) is 10.3. The van der Waals surface area contributed by atoms with Gasteiger partial charge in [-0.15, -0.1) is 0 Å². The highest BCUT2D eigenvalue weighted by Gasteiger charge is 2.80. The van der Waals surface area contributed by atoms with Crippen molar-refractivity contribution in [1.29, 1.82) is 0 Å². The molecule has 10 rings (SSSR count). The zero-order valence-corrected chi connectivity index (χ0v) is 25.0. The fourth-order valence-corrected chi connectivity index (χ4v) is 9.04. The zero-order chi connectivity index (χ0) is 30.8. The summed E-state index contributed by atoms with van der Waals surface area (Å²) < 4.78 is 0. The second-order valence-electron chi connectivity index (χ2n) is 12.2. The van der Waals surface area contributed by atoms with E-state index in [1.54, 1.807) is 48.5 Å².